The van der Waals surface area contributed by atoms with E-state index in [2.05, 4.69) is 20.1 Å². The van der Waals surface area contributed by atoms with Crippen molar-refractivity contribution >= 4 is 0 Å². The van der Waals surface area contributed by atoms with Gasteiger partial charge in [0.1, 0.15) is 6.10 Å². The van der Waals surface area contributed by atoms with Crippen molar-refractivity contribution in [1.82, 2.24) is 0 Å². The van der Waals surface area contributed by atoms with Crippen LogP contribution in [0.2, 0.25) is 0 Å². The first-order valence-corrected chi connectivity index (χ1v) is 4.15. The third kappa shape index (κ3) is 2.50. The highest BCUT2D eigenvalue weighted by Gasteiger charge is 2.38. The normalized spacial score (nSPS) is 35.1. The van der Waals surface area contributed by atoms with Gasteiger partial charge in [0.15, 0.2) is 6.29 Å². The number of rotatable bonds is 3. The highest BCUT2D eigenvalue weighted by molar-refractivity contribution is 4.93. The van der Waals surface area contributed by atoms with Gasteiger partial charge in [0, 0.05) is 16.9 Å². The monoisotopic (exact) mass is 214 g/mol. The molecule has 0 bridgehead atoms. The lowest BCUT2D eigenvalue weighted by atomic mass is 10.0. The number of hydrogen-bond donors (Lipinski definition) is 1. The lowest BCUT2D eigenvalue weighted by molar-refractivity contribution is -0.211. The van der Waals surface area contributed by atoms with Crippen LogP contribution in [0.15, 0.2) is 10.2 Å². The molecule has 1 rings (SSSR count). The molecule has 0 spiro atoms. The van der Waals surface area contributed by atoms with E-state index in [-0.39, 0.29) is 6.61 Å². The summed E-state index contributed by atoms with van der Waals surface area (Å²) in [5.41, 5.74) is 16.6. The third-order valence-electron chi connectivity index (χ3n) is 2.07. The maximum Gasteiger partial charge on any atom is 0.183 e. The van der Waals surface area contributed by atoms with Crippen LogP contribution in [0.5, 0.6) is 0 Å². The Morgan fingerprint density at radius 3 is 2.60 bits per heavy atom. The lowest BCUT2D eigenvalue weighted by Gasteiger charge is -2.34. The molecule has 1 fully saturated rings. The highest BCUT2D eigenvalue weighted by atomic mass is 16.7. The predicted octanol–water partition coefficient (Wildman–Crippen LogP) is 0.708. The smallest absolute Gasteiger partial charge is 0.183 e. The van der Waals surface area contributed by atoms with Gasteiger partial charge in [0.2, 0.25) is 0 Å². The summed E-state index contributed by atoms with van der Waals surface area (Å²) >= 11 is 0. The van der Waals surface area contributed by atoms with Gasteiger partial charge in [-0.3, -0.25) is 0 Å². The molecule has 0 aromatic rings. The molecular weight excluding hydrogens is 204 g/mol. The Labute approximate surface area is 84.8 Å². The molecule has 82 valence electrons. The fourth-order valence-electron chi connectivity index (χ4n) is 1.36. The van der Waals surface area contributed by atoms with Crippen molar-refractivity contribution in [2.24, 2.45) is 10.2 Å². The van der Waals surface area contributed by atoms with Gasteiger partial charge in [-0.1, -0.05) is 10.2 Å². The van der Waals surface area contributed by atoms with Gasteiger partial charge in [-0.05, 0) is 11.1 Å². The number of nitrogens with zero attached hydrogens (tertiary/aromatic N) is 6. The molecule has 9 nitrogen and oxygen atoms in total. The zero-order valence-electron chi connectivity index (χ0n) is 7.96. The Hall–Kier alpha value is -1.50. The summed E-state index contributed by atoms with van der Waals surface area (Å²) in [6.45, 7) is 0.0450. The second-order valence-electron chi connectivity index (χ2n) is 2.90. The number of azide groups is 2. The summed E-state index contributed by atoms with van der Waals surface area (Å²) in [5.74, 6) is 0. The molecule has 1 aliphatic rings. The predicted molar refractivity (Wildman–Crippen MR) is 48.6 cm³/mol. The number of methoxy groups -OCH3 is 1. The van der Waals surface area contributed by atoms with Crippen molar-refractivity contribution in [2.45, 2.75) is 24.5 Å². The van der Waals surface area contributed by atoms with Gasteiger partial charge in [-0.15, -0.1) is 0 Å². The number of ether oxygens (including phenoxy) is 2. The van der Waals surface area contributed by atoms with Crippen molar-refractivity contribution in [3.05, 3.63) is 20.9 Å². The molecular formula is C6H10N6O3. The van der Waals surface area contributed by atoms with Gasteiger partial charge < -0.3 is 14.6 Å². The maximum atomic E-state index is 9.66. The van der Waals surface area contributed by atoms with Crippen LogP contribution in [0.25, 0.3) is 20.9 Å². The van der Waals surface area contributed by atoms with E-state index in [0.29, 0.717) is 0 Å². The van der Waals surface area contributed by atoms with E-state index >= 15 is 0 Å². The Morgan fingerprint density at radius 2 is 2.07 bits per heavy atom. The molecule has 1 N–H and O–H groups in total. The number of aliphatic hydroxyl groups excluding tert-OH is 1. The van der Waals surface area contributed by atoms with Crippen LogP contribution in [0.4, 0.5) is 0 Å². The molecule has 0 aliphatic carbocycles. The zero-order chi connectivity index (χ0) is 11.3. The first-order valence-electron chi connectivity index (χ1n) is 4.15. The second kappa shape index (κ2) is 5.40. The quantitative estimate of drug-likeness (QED) is 0.420. The van der Waals surface area contributed by atoms with Crippen molar-refractivity contribution < 1.29 is 14.6 Å². The van der Waals surface area contributed by atoms with Gasteiger partial charge in [0.25, 0.3) is 0 Å². The van der Waals surface area contributed by atoms with Crippen LogP contribution < -0.4 is 0 Å². The molecule has 0 aromatic carbocycles. The Kier molecular flexibility index (Phi) is 4.17. The van der Waals surface area contributed by atoms with Gasteiger partial charge in [0.05, 0.1) is 18.7 Å². The molecule has 0 radical (unpaired) electrons. The minimum Gasteiger partial charge on any atom is -0.387 e. The maximum absolute atomic E-state index is 9.66. The van der Waals surface area contributed by atoms with Crippen LogP contribution in [0.3, 0.4) is 0 Å². The minimum atomic E-state index is -1.14. The van der Waals surface area contributed by atoms with Crippen LogP contribution >= 0.6 is 0 Å². The molecule has 0 aromatic heterocycles. The molecule has 4 atom stereocenters. The van der Waals surface area contributed by atoms with Crippen molar-refractivity contribution in [3.8, 4) is 0 Å². The van der Waals surface area contributed by atoms with Crippen LogP contribution in [0, 0.1) is 0 Å². The molecule has 9 heteroatoms. The summed E-state index contributed by atoms with van der Waals surface area (Å²) in [7, 11) is 1.36. The molecule has 0 amide bonds. The Morgan fingerprint density at radius 1 is 1.40 bits per heavy atom. The first-order chi connectivity index (χ1) is 7.24. The van der Waals surface area contributed by atoms with E-state index in [1.165, 1.54) is 7.11 Å². The van der Waals surface area contributed by atoms with E-state index in [9.17, 15) is 5.11 Å². The SMILES string of the molecule is CO[C@@H]1OC[C@H](N=[N+]=[N-])[C@H](N=[N+]=[N-])[C@H]1O. The van der Waals surface area contributed by atoms with E-state index < -0.39 is 24.5 Å². The van der Waals surface area contributed by atoms with Crippen molar-refractivity contribution in [1.29, 1.82) is 0 Å². The standard InChI is InChI=1S/C6H10N6O3/c1-14-6-5(13)4(10-12-8)3(2-15-6)9-11-7/h3-6,13H,2H2,1H3/t3-,4-,5+,6+/m0/s1. The molecule has 1 aliphatic heterocycles. The van der Waals surface area contributed by atoms with Gasteiger partial charge in [-0.2, -0.15) is 0 Å². The van der Waals surface area contributed by atoms with Gasteiger partial charge in [-0.25, -0.2) is 0 Å². The molecule has 15 heavy (non-hydrogen) atoms. The summed E-state index contributed by atoms with van der Waals surface area (Å²) in [6.07, 6.45) is -2.01. The van der Waals surface area contributed by atoms with Crippen LogP contribution in [-0.4, -0.2) is 43.3 Å². The summed E-state index contributed by atoms with van der Waals surface area (Å²) < 4.78 is 9.88. The third-order valence-corrected chi connectivity index (χ3v) is 2.07. The fourth-order valence-corrected chi connectivity index (χ4v) is 1.36. The average molecular weight is 214 g/mol. The summed E-state index contributed by atoms with van der Waals surface area (Å²) in [5, 5.41) is 16.4. The van der Waals surface area contributed by atoms with E-state index in [1.54, 1.807) is 0 Å². The van der Waals surface area contributed by atoms with Crippen LogP contribution in [-0.2, 0) is 9.47 Å². The van der Waals surface area contributed by atoms with E-state index in [4.69, 9.17) is 20.5 Å². The molecule has 1 saturated heterocycles. The van der Waals surface area contributed by atoms with Gasteiger partial charge >= 0.3 is 0 Å². The Bertz CT molecular complexity index is 310. The van der Waals surface area contributed by atoms with Crippen molar-refractivity contribution in [2.75, 3.05) is 13.7 Å². The summed E-state index contributed by atoms with van der Waals surface area (Å²) in [4.78, 5) is 5.17. The fraction of sp³-hybridized carbons (Fsp3) is 1.00. The van der Waals surface area contributed by atoms with Crippen molar-refractivity contribution in [3.63, 3.8) is 0 Å². The molecule has 0 unspecified atom stereocenters. The van der Waals surface area contributed by atoms with Crippen LogP contribution in [0.1, 0.15) is 0 Å². The minimum absolute atomic E-state index is 0.0450. The lowest BCUT2D eigenvalue weighted by Crippen LogP contribution is -2.51. The highest BCUT2D eigenvalue weighted by Crippen LogP contribution is 2.21. The average Bonchev–Trinajstić information content (AvgIpc) is 2.24. The number of hydrogen-bond acceptors (Lipinski definition) is 5. The Balaban J connectivity index is 2.86. The van der Waals surface area contributed by atoms with E-state index in [0.717, 1.165) is 0 Å². The zero-order valence-corrected chi connectivity index (χ0v) is 7.96. The van der Waals surface area contributed by atoms with E-state index in [1.807, 2.05) is 0 Å². The summed E-state index contributed by atoms with van der Waals surface area (Å²) in [6, 6.07) is -1.59. The first kappa shape index (κ1) is 11.6. The number of aliphatic hydroxyl groups is 1. The molecule has 1 heterocycles. The largest absolute Gasteiger partial charge is 0.387 e. The topological polar surface area (TPSA) is 136 Å². The second-order valence-corrected chi connectivity index (χ2v) is 2.90. The molecule has 0 saturated carbocycles.